The lowest BCUT2D eigenvalue weighted by atomic mass is 10.6. The summed E-state index contributed by atoms with van der Waals surface area (Å²) in [5.41, 5.74) is 0. The predicted molar refractivity (Wildman–Crippen MR) is 66.9 cm³/mol. The zero-order chi connectivity index (χ0) is 10.6. The summed E-state index contributed by atoms with van der Waals surface area (Å²) < 4.78 is 0. The lowest BCUT2D eigenvalue weighted by Crippen LogP contribution is -2.35. The summed E-state index contributed by atoms with van der Waals surface area (Å²) in [6.45, 7) is 4.27. The van der Waals surface area contributed by atoms with E-state index in [9.17, 15) is 4.79 Å². The summed E-state index contributed by atoms with van der Waals surface area (Å²) in [5.74, 6) is 3.62. The van der Waals surface area contributed by atoms with Crippen LogP contribution in [0.3, 0.4) is 0 Å². The molecule has 0 bridgehead atoms. The fourth-order valence-electron chi connectivity index (χ4n) is 0.729. The predicted octanol–water partition coefficient (Wildman–Crippen LogP) is 2.49. The van der Waals surface area contributed by atoms with Gasteiger partial charge in [0.1, 0.15) is 0 Å². The highest BCUT2D eigenvalue weighted by molar-refractivity contribution is 7.99. The standard InChI is InChI=1S/C9H20N2OS2/c1-3-5-13-7-10-9(12)11-8-14-6-4-2/h3-8H2,1-2H3,(H2,10,11,12). The van der Waals surface area contributed by atoms with Crippen LogP contribution >= 0.6 is 23.5 Å². The van der Waals surface area contributed by atoms with Crippen LogP contribution in [0.4, 0.5) is 4.79 Å². The van der Waals surface area contributed by atoms with Crippen LogP contribution in [0.5, 0.6) is 0 Å². The third kappa shape index (κ3) is 10.1. The normalized spacial score (nSPS) is 9.86. The smallest absolute Gasteiger partial charge is 0.316 e. The van der Waals surface area contributed by atoms with E-state index in [2.05, 4.69) is 24.5 Å². The highest BCUT2D eigenvalue weighted by atomic mass is 32.2. The molecule has 2 N–H and O–H groups in total. The molecule has 0 rings (SSSR count). The summed E-state index contributed by atoms with van der Waals surface area (Å²) in [6, 6.07) is -0.0581. The van der Waals surface area contributed by atoms with E-state index in [-0.39, 0.29) is 6.03 Å². The Morgan fingerprint density at radius 1 is 1.00 bits per heavy atom. The van der Waals surface area contributed by atoms with Crippen molar-refractivity contribution >= 4 is 29.6 Å². The zero-order valence-corrected chi connectivity index (χ0v) is 10.6. The monoisotopic (exact) mass is 236 g/mol. The van der Waals surface area contributed by atoms with Crippen molar-refractivity contribution in [2.24, 2.45) is 0 Å². The van der Waals surface area contributed by atoms with Gasteiger partial charge in [-0.2, -0.15) is 0 Å². The van der Waals surface area contributed by atoms with E-state index in [0.717, 1.165) is 24.3 Å². The Bertz CT molecular complexity index is 131. The van der Waals surface area contributed by atoms with Gasteiger partial charge in [-0.15, -0.1) is 23.5 Å². The average Bonchev–Trinajstić information content (AvgIpc) is 2.19. The Hall–Kier alpha value is -0.0300. The van der Waals surface area contributed by atoms with Crippen LogP contribution in [0.15, 0.2) is 0 Å². The summed E-state index contributed by atoms with van der Waals surface area (Å²) in [5, 5.41) is 5.59. The van der Waals surface area contributed by atoms with Gasteiger partial charge in [-0.3, -0.25) is 0 Å². The molecule has 0 fully saturated rings. The van der Waals surface area contributed by atoms with Crippen molar-refractivity contribution in [2.75, 3.05) is 23.3 Å². The number of nitrogens with one attached hydrogen (secondary N) is 2. The van der Waals surface area contributed by atoms with E-state index >= 15 is 0 Å². The molecule has 0 unspecified atom stereocenters. The SMILES string of the molecule is CCCSCNC(=O)NCSCCC. The molecular weight excluding hydrogens is 216 g/mol. The summed E-state index contributed by atoms with van der Waals surface area (Å²) >= 11 is 3.49. The third-order valence-corrected chi connectivity index (χ3v) is 3.46. The van der Waals surface area contributed by atoms with Gasteiger partial charge in [-0.25, -0.2) is 4.79 Å². The van der Waals surface area contributed by atoms with Gasteiger partial charge in [0.05, 0.1) is 11.8 Å². The molecule has 5 heteroatoms. The Morgan fingerprint density at radius 3 is 1.79 bits per heavy atom. The lowest BCUT2D eigenvalue weighted by Gasteiger charge is -2.06. The maximum Gasteiger partial charge on any atom is 0.316 e. The van der Waals surface area contributed by atoms with Crippen molar-refractivity contribution < 1.29 is 4.79 Å². The van der Waals surface area contributed by atoms with Crippen LogP contribution in [0.25, 0.3) is 0 Å². The van der Waals surface area contributed by atoms with Crippen molar-refractivity contribution in [3.63, 3.8) is 0 Å². The highest BCUT2D eigenvalue weighted by Crippen LogP contribution is 1.99. The molecule has 84 valence electrons. The molecule has 2 amide bonds. The first kappa shape index (κ1) is 14.0. The van der Waals surface area contributed by atoms with E-state index in [1.807, 2.05) is 0 Å². The molecular formula is C9H20N2OS2. The van der Waals surface area contributed by atoms with Crippen molar-refractivity contribution in [1.29, 1.82) is 0 Å². The highest BCUT2D eigenvalue weighted by Gasteiger charge is 1.97. The molecule has 0 aliphatic rings. The minimum Gasteiger partial charge on any atom is -0.329 e. The van der Waals surface area contributed by atoms with Gasteiger partial charge in [0.2, 0.25) is 0 Å². The fourth-order valence-corrected chi connectivity index (χ4v) is 2.06. The van der Waals surface area contributed by atoms with Crippen molar-refractivity contribution in [3.05, 3.63) is 0 Å². The number of carbonyl (C=O) groups is 1. The second-order valence-electron chi connectivity index (χ2n) is 2.79. The molecule has 14 heavy (non-hydrogen) atoms. The lowest BCUT2D eigenvalue weighted by molar-refractivity contribution is 0.244. The van der Waals surface area contributed by atoms with Crippen LogP contribution in [0, 0.1) is 0 Å². The van der Waals surface area contributed by atoms with Gasteiger partial charge in [0, 0.05) is 0 Å². The van der Waals surface area contributed by atoms with Crippen LogP contribution in [0.2, 0.25) is 0 Å². The molecule has 0 spiro atoms. The van der Waals surface area contributed by atoms with Gasteiger partial charge >= 0.3 is 6.03 Å². The molecule has 0 aromatic carbocycles. The van der Waals surface area contributed by atoms with Gasteiger partial charge in [-0.1, -0.05) is 13.8 Å². The number of rotatable bonds is 8. The maximum atomic E-state index is 11.1. The molecule has 0 atom stereocenters. The maximum absolute atomic E-state index is 11.1. The molecule has 0 saturated heterocycles. The van der Waals surface area contributed by atoms with Crippen LogP contribution in [-0.2, 0) is 0 Å². The van der Waals surface area contributed by atoms with E-state index in [0.29, 0.717) is 11.8 Å². The van der Waals surface area contributed by atoms with Gasteiger partial charge in [-0.05, 0) is 24.3 Å². The number of urea groups is 1. The first-order valence-corrected chi connectivity index (χ1v) is 7.29. The Labute approximate surface area is 95.2 Å². The van der Waals surface area contributed by atoms with Gasteiger partial charge in [0.15, 0.2) is 0 Å². The Kier molecular flexibility index (Phi) is 11.0. The van der Waals surface area contributed by atoms with Crippen molar-refractivity contribution in [2.45, 2.75) is 26.7 Å². The summed E-state index contributed by atoms with van der Waals surface area (Å²) in [6.07, 6.45) is 2.31. The van der Waals surface area contributed by atoms with E-state index in [1.54, 1.807) is 23.5 Å². The van der Waals surface area contributed by atoms with Crippen molar-refractivity contribution in [3.8, 4) is 0 Å². The van der Waals surface area contributed by atoms with Crippen LogP contribution < -0.4 is 10.6 Å². The fraction of sp³-hybridized carbons (Fsp3) is 0.889. The van der Waals surface area contributed by atoms with E-state index in [1.165, 1.54) is 0 Å². The number of hydrogen-bond acceptors (Lipinski definition) is 3. The largest absolute Gasteiger partial charge is 0.329 e. The minimum absolute atomic E-state index is 0.0581. The van der Waals surface area contributed by atoms with Crippen LogP contribution in [-0.4, -0.2) is 29.3 Å². The molecule has 0 aromatic heterocycles. The molecule has 0 aliphatic carbocycles. The number of hydrogen-bond donors (Lipinski definition) is 2. The first-order valence-electron chi connectivity index (χ1n) is 4.98. The quantitative estimate of drug-likeness (QED) is 0.502. The summed E-state index contributed by atoms with van der Waals surface area (Å²) in [4.78, 5) is 11.1. The van der Waals surface area contributed by atoms with Gasteiger partial charge < -0.3 is 10.6 Å². The molecule has 3 nitrogen and oxygen atoms in total. The Morgan fingerprint density at radius 2 is 1.43 bits per heavy atom. The second kappa shape index (κ2) is 11.0. The van der Waals surface area contributed by atoms with E-state index < -0.39 is 0 Å². The average molecular weight is 236 g/mol. The third-order valence-electron chi connectivity index (χ3n) is 1.37. The Balaban J connectivity index is 3.11. The summed E-state index contributed by atoms with van der Waals surface area (Å²) in [7, 11) is 0. The second-order valence-corrected chi connectivity index (χ2v) is 5.00. The zero-order valence-electron chi connectivity index (χ0n) is 8.97. The molecule has 0 aromatic rings. The number of amides is 2. The van der Waals surface area contributed by atoms with Gasteiger partial charge in [0.25, 0.3) is 0 Å². The number of carbonyl (C=O) groups excluding carboxylic acids is 1. The van der Waals surface area contributed by atoms with Crippen LogP contribution in [0.1, 0.15) is 26.7 Å². The molecule has 0 aliphatic heterocycles. The van der Waals surface area contributed by atoms with Crippen molar-refractivity contribution in [1.82, 2.24) is 10.6 Å². The first-order chi connectivity index (χ1) is 6.81. The molecule has 0 saturated carbocycles. The minimum atomic E-state index is -0.0581. The number of thioether (sulfide) groups is 2. The topological polar surface area (TPSA) is 41.1 Å². The molecule has 0 radical (unpaired) electrons. The van der Waals surface area contributed by atoms with E-state index in [4.69, 9.17) is 0 Å². The molecule has 0 heterocycles.